The molecule has 1 amide bonds. The van der Waals surface area contributed by atoms with Crippen LogP contribution in [0.1, 0.15) is 19.4 Å². The average molecular weight is 296 g/mol. The van der Waals surface area contributed by atoms with Crippen LogP contribution in [0.25, 0.3) is 6.08 Å². The third kappa shape index (κ3) is 5.45. The fourth-order valence-corrected chi connectivity index (χ4v) is 1.86. The van der Waals surface area contributed by atoms with Gasteiger partial charge in [-0.2, -0.15) is 0 Å². The van der Waals surface area contributed by atoms with Crippen LogP contribution in [0.5, 0.6) is 0 Å². The minimum atomic E-state index is -0.904. The lowest BCUT2D eigenvalue weighted by molar-refractivity contribution is -0.143. The van der Waals surface area contributed by atoms with Gasteiger partial charge in [-0.05, 0) is 29.7 Å². The molecule has 1 unspecified atom stereocenters. The normalized spacial score (nSPS) is 12.6. The first kappa shape index (κ1) is 16.2. The minimum Gasteiger partial charge on any atom is -0.481 e. The lowest BCUT2D eigenvalue weighted by Crippen LogP contribution is -2.34. The number of benzene rings is 1. The van der Waals surface area contributed by atoms with Crippen molar-refractivity contribution in [1.29, 1.82) is 0 Å². The smallest absolute Gasteiger partial charge is 0.308 e. The molecule has 1 rings (SSSR count). The fourth-order valence-electron chi connectivity index (χ4n) is 1.66. The number of amides is 1. The Morgan fingerprint density at radius 1 is 1.40 bits per heavy atom. The second-order valence-electron chi connectivity index (χ2n) is 4.82. The van der Waals surface area contributed by atoms with E-state index in [4.69, 9.17) is 16.7 Å². The summed E-state index contributed by atoms with van der Waals surface area (Å²) in [7, 11) is 0. The summed E-state index contributed by atoms with van der Waals surface area (Å²) in [4.78, 5) is 22.6. The maximum Gasteiger partial charge on any atom is 0.308 e. The van der Waals surface area contributed by atoms with Gasteiger partial charge in [-0.25, -0.2) is 0 Å². The van der Waals surface area contributed by atoms with Crippen LogP contribution in [0, 0.1) is 11.8 Å². The van der Waals surface area contributed by atoms with Crippen LogP contribution in [-0.2, 0) is 9.59 Å². The Kier molecular flexibility index (Phi) is 6.25. The Morgan fingerprint density at radius 3 is 2.65 bits per heavy atom. The molecule has 0 bridgehead atoms. The van der Waals surface area contributed by atoms with Crippen LogP contribution < -0.4 is 5.32 Å². The van der Waals surface area contributed by atoms with Crippen LogP contribution in [0.3, 0.4) is 0 Å². The third-order valence-electron chi connectivity index (χ3n) is 2.89. The van der Waals surface area contributed by atoms with Crippen molar-refractivity contribution in [3.63, 3.8) is 0 Å². The number of rotatable bonds is 6. The van der Waals surface area contributed by atoms with Gasteiger partial charge in [-0.15, -0.1) is 0 Å². The van der Waals surface area contributed by atoms with Crippen LogP contribution in [0.15, 0.2) is 30.3 Å². The molecule has 0 saturated carbocycles. The zero-order chi connectivity index (χ0) is 15.1. The number of carbonyl (C=O) groups excluding carboxylic acids is 1. The van der Waals surface area contributed by atoms with Crippen molar-refractivity contribution in [3.05, 3.63) is 40.9 Å². The summed E-state index contributed by atoms with van der Waals surface area (Å²) in [6.07, 6.45) is 3.00. The zero-order valence-electron chi connectivity index (χ0n) is 11.5. The summed E-state index contributed by atoms with van der Waals surface area (Å²) >= 11 is 5.83. The van der Waals surface area contributed by atoms with Crippen molar-refractivity contribution in [2.24, 2.45) is 11.8 Å². The van der Waals surface area contributed by atoms with Gasteiger partial charge in [0.25, 0.3) is 0 Å². The average Bonchev–Trinajstić information content (AvgIpc) is 2.35. The molecule has 0 aliphatic heterocycles. The van der Waals surface area contributed by atoms with E-state index >= 15 is 0 Å². The van der Waals surface area contributed by atoms with E-state index < -0.39 is 11.9 Å². The van der Waals surface area contributed by atoms with Crippen molar-refractivity contribution < 1.29 is 14.7 Å². The first-order chi connectivity index (χ1) is 9.40. The van der Waals surface area contributed by atoms with Crippen LogP contribution in [0.2, 0.25) is 5.02 Å². The van der Waals surface area contributed by atoms with E-state index in [-0.39, 0.29) is 18.4 Å². The second-order valence-corrected chi connectivity index (χ2v) is 5.26. The molecule has 20 heavy (non-hydrogen) atoms. The highest BCUT2D eigenvalue weighted by Crippen LogP contribution is 2.12. The topological polar surface area (TPSA) is 66.4 Å². The molecule has 0 radical (unpaired) electrons. The van der Waals surface area contributed by atoms with Gasteiger partial charge in [0.15, 0.2) is 0 Å². The van der Waals surface area contributed by atoms with Crippen LogP contribution in [-0.4, -0.2) is 23.5 Å². The number of nitrogens with one attached hydrogen (secondary N) is 1. The number of hydrogen-bond donors (Lipinski definition) is 2. The van der Waals surface area contributed by atoms with Crippen molar-refractivity contribution in [3.8, 4) is 0 Å². The molecular formula is C15H18ClNO3. The van der Waals surface area contributed by atoms with E-state index in [1.807, 2.05) is 19.9 Å². The van der Waals surface area contributed by atoms with E-state index in [1.54, 1.807) is 24.3 Å². The third-order valence-corrected chi connectivity index (χ3v) is 3.13. The largest absolute Gasteiger partial charge is 0.481 e. The predicted octanol–water partition coefficient (Wildman–Crippen LogP) is 2.83. The molecule has 108 valence electrons. The molecule has 0 aliphatic rings. The van der Waals surface area contributed by atoms with E-state index in [2.05, 4.69) is 5.32 Å². The molecule has 0 aromatic heterocycles. The van der Waals surface area contributed by atoms with Crippen molar-refractivity contribution in [2.75, 3.05) is 6.54 Å². The molecule has 1 aromatic carbocycles. The van der Waals surface area contributed by atoms with E-state index in [0.29, 0.717) is 5.02 Å². The SMILES string of the molecule is CC(C)C(CNC(=O)C=Cc1cccc(Cl)c1)C(=O)O. The van der Waals surface area contributed by atoms with Crippen molar-refractivity contribution >= 4 is 29.6 Å². The van der Waals surface area contributed by atoms with Crippen molar-refractivity contribution in [2.45, 2.75) is 13.8 Å². The highest BCUT2D eigenvalue weighted by atomic mass is 35.5. The Bertz CT molecular complexity index is 512. The summed E-state index contributed by atoms with van der Waals surface area (Å²) in [5.41, 5.74) is 0.811. The number of hydrogen-bond acceptors (Lipinski definition) is 2. The van der Waals surface area contributed by atoms with Gasteiger partial charge in [-0.3, -0.25) is 9.59 Å². The summed E-state index contributed by atoms with van der Waals surface area (Å²) in [6, 6.07) is 7.10. The number of carboxylic acids is 1. The quantitative estimate of drug-likeness (QED) is 0.793. The summed E-state index contributed by atoms with van der Waals surface area (Å²) in [6.45, 7) is 3.74. The Hall–Kier alpha value is -1.81. The molecule has 1 atom stereocenters. The predicted molar refractivity (Wildman–Crippen MR) is 79.5 cm³/mol. The standard InChI is InChI=1S/C15H18ClNO3/c1-10(2)13(15(19)20)9-17-14(18)7-6-11-4-3-5-12(16)8-11/h3-8,10,13H,9H2,1-2H3,(H,17,18)(H,19,20). The van der Waals surface area contributed by atoms with Gasteiger partial charge in [0.1, 0.15) is 0 Å². The summed E-state index contributed by atoms with van der Waals surface area (Å²) in [5.74, 6) is -1.85. The lowest BCUT2D eigenvalue weighted by atomic mass is 9.96. The highest BCUT2D eigenvalue weighted by molar-refractivity contribution is 6.30. The molecule has 0 saturated heterocycles. The van der Waals surface area contributed by atoms with Gasteiger partial charge in [0, 0.05) is 17.6 Å². The van der Waals surface area contributed by atoms with Gasteiger partial charge in [0.05, 0.1) is 5.92 Å². The van der Waals surface area contributed by atoms with Crippen LogP contribution >= 0.6 is 11.6 Å². The Morgan fingerprint density at radius 2 is 2.10 bits per heavy atom. The van der Waals surface area contributed by atoms with Gasteiger partial charge >= 0.3 is 5.97 Å². The molecule has 5 heteroatoms. The second kappa shape index (κ2) is 7.70. The summed E-state index contributed by atoms with van der Waals surface area (Å²) in [5, 5.41) is 12.2. The first-order valence-electron chi connectivity index (χ1n) is 6.34. The molecule has 0 heterocycles. The van der Waals surface area contributed by atoms with Gasteiger partial charge < -0.3 is 10.4 Å². The van der Waals surface area contributed by atoms with Gasteiger partial charge in [0.2, 0.25) is 5.91 Å². The zero-order valence-corrected chi connectivity index (χ0v) is 12.2. The number of aliphatic carboxylic acids is 1. The molecule has 1 aromatic rings. The number of carboxylic acid groups (broad SMARTS) is 1. The minimum absolute atomic E-state index is 0.0373. The Labute approximate surface area is 123 Å². The number of halogens is 1. The Balaban J connectivity index is 2.53. The van der Waals surface area contributed by atoms with Crippen molar-refractivity contribution in [1.82, 2.24) is 5.32 Å². The molecule has 2 N–H and O–H groups in total. The highest BCUT2D eigenvalue weighted by Gasteiger charge is 2.21. The monoisotopic (exact) mass is 295 g/mol. The fraction of sp³-hybridized carbons (Fsp3) is 0.333. The molecule has 4 nitrogen and oxygen atoms in total. The molecule has 0 fully saturated rings. The van der Waals surface area contributed by atoms with Crippen LogP contribution in [0.4, 0.5) is 0 Å². The molecule has 0 aliphatic carbocycles. The summed E-state index contributed by atoms with van der Waals surface area (Å²) < 4.78 is 0. The van der Waals surface area contributed by atoms with Gasteiger partial charge in [-0.1, -0.05) is 37.6 Å². The maximum atomic E-state index is 11.6. The first-order valence-corrected chi connectivity index (χ1v) is 6.72. The molecular weight excluding hydrogens is 278 g/mol. The maximum absolute atomic E-state index is 11.6. The molecule has 0 spiro atoms. The van der Waals surface area contributed by atoms with E-state index in [9.17, 15) is 9.59 Å². The van der Waals surface area contributed by atoms with E-state index in [0.717, 1.165) is 5.56 Å². The number of carbonyl (C=O) groups is 2. The van der Waals surface area contributed by atoms with E-state index in [1.165, 1.54) is 6.08 Å². The lowest BCUT2D eigenvalue weighted by Gasteiger charge is -2.15.